The SMILES string of the molecule is COc1c(CC2CCCNC2)ccc(Br)c1O. The topological polar surface area (TPSA) is 41.5 Å². The number of hydrogen-bond acceptors (Lipinski definition) is 3. The minimum atomic E-state index is 0.203. The van der Waals surface area contributed by atoms with E-state index in [0.29, 0.717) is 16.1 Å². The zero-order valence-corrected chi connectivity index (χ0v) is 11.6. The Labute approximate surface area is 110 Å². The van der Waals surface area contributed by atoms with Crippen molar-refractivity contribution in [2.24, 2.45) is 5.92 Å². The molecule has 1 fully saturated rings. The minimum Gasteiger partial charge on any atom is -0.503 e. The molecule has 1 aromatic rings. The summed E-state index contributed by atoms with van der Waals surface area (Å²) >= 11 is 3.30. The van der Waals surface area contributed by atoms with E-state index in [-0.39, 0.29) is 5.75 Å². The van der Waals surface area contributed by atoms with Crippen molar-refractivity contribution in [1.82, 2.24) is 5.32 Å². The summed E-state index contributed by atoms with van der Waals surface area (Å²) in [7, 11) is 1.60. The third kappa shape index (κ3) is 2.93. The predicted molar refractivity (Wildman–Crippen MR) is 71.7 cm³/mol. The molecule has 0 aliphatic carbocycles. The molecule has 1 saturated heterocycles. The Morgan fingerprint density at radius 1 is 1.53 bits per heavy atom. The van der Waals surface area contributed by atoms with Crippen LogP contribution in [-0.4, -0.2) is 25.3 Å². The van der Waals surface area contributed by atoms with E-state index in [1.807, 2.05) is 12.1 Å². The molecule has 0 aromatic heterocycles. The van der Waals surface area contributed by atoms with Crippen LogP contribution in [0.3, 0.4) is 0 Å². The number of phenolic OH excluding ortho intramolecular Hbond substituents is 1. The maximum Gasteiger partial charge on any atom is 0.172 e. The normalized spacial score (nSPS) is 20.2. The summed E-state index contributed by atoms with van der Waals surface area (Å²) < 4.78 is 5.98. The van der Waals surface area contributed by atoms with Gasteiger partial charge in [0.15, 0.2) is 11.5 Å². The molecule has 0 radical (unpaired) electrons. The molecule has 1 heterocycles. The van der Waals surface area contributed by atoms with E-state index in [9.17, 15) is 5.11 Å². The molecule has 3 nitrogen and oxygen atoms in total. The van der Waals surface area contributed by atoms with Gasteiger partial charge in [-0.05, 0) is 65.8 Å². The highest BCUT2D eigenvalue weighted by atomic mass is 79.9. The lowest BCUT2D eigenvalue weighted by Crippen LogP contribution is -2.30. The first-order chi connectivity index (χ1) is 8.22. The minimum absolute atomic E-state index is 0.203. The van der Waals surface area contributed by atoms with E-state index >= 15 is 0 Å². The Morgan fingerprint density at radius 3 is 3.00 bits per heavy atom. The molecule has 17 heavy (non-hydrogen) atoms. The lowest BCUT2D eigenvalue weighted by atomic mass is 9.92. The van der Waals surface area contributed by atoms with Crippen LogP contribution in [0.2, 0.25) is 0 Å². The zero-order valence-electron chi connectivity index (χ0n) is 10.0. The molecule has 94 valence electrons. The first-order valence-electron chi connectivity index (χ1n) is 5.97. The molecule has 1 aliphatic rings. The summed E-state index contributed by atoms with van der Waals surface area (Å²) in [5.41, 5.74) is 1.09. The van der Waals surface area contributed by atoms with Crippen molar-refractivity contribution in [1.29, 1.82) is 0 Å². The fourth-order valence-electron chi connectivity index (χ4n) is 2.39. The highest BCUT2D eigenvalue weighted by molar-refractivity contribution is 9.10. The van der Waals surface area contributed by atoms with Crippen molar-refractivity contribution in [3.63, 3.8) is 0 Å². The zero-order chi connectivity index (χ0) is 12.3. The lowest BCUT2D eigenvalue weighted by Gasteiger charge is -2.23. The van der Waals surface area contributed by atoms with Crippen molar-refractivity contribution in [2.45, 2.75) is 19.3 Å². The van der Waals surface area contributed by atoms with Gasteiger partial charge in [0, 0.05) is 0 Å². The number of rotatable bonds is 3. The number of aromatic hydroxyl groups is 1. The summed E-state index contributed by atoms with van der Waals surface area (Å²) in [6.45, 7) is 2.18. The second-order valence-electron chi connectivity index (χ2n) is 4.50. The molecule has 2 N–H and O–H groups in total. The molecule has 1 aromatic carbocycles. The molecule has 4 heteroatoms. The van der Waals surface area contributed by atoms with Crippen LogP contribution in [0.15, 0.2) is 16.6 Å². The van der Waals surface area contributed by atoms with E-state index in [2.05, 4.69) is 21.2 Å². The van der Waals surface area contributed by atoms with Crippen molar-refractivity contribution in [3.05, 3.63) is 22.2 Å². The summed E-state index contributed by atoms with van der Waals surface area (Å²) in [5, 5.41) is 13.3. The predicted octanol–water partition coefficient (Wildman–Crippen LogP) is 2.71. The van der Waals surface area contributed by atoms with Crippen LogP contribution in [-0.2, 0) is 6.42 Å². The van der Waals surface area contributed by atoms with Gasteiger partial charge in [0.1, 0.15) is 0 Å². The third-order valence-electron chi connectivity index (χ3n) is 3.28. The maximum atomic E-state index is 9.92. The van der Waals surface area contributed by atoms with Crippen molar-refractivity contribution in [3.8, 4) is 11.5 Å². The third-order valence-corrected chi connectivity index (χ3v) is 3.92. The summed E-state index contributed by atoms with van der Waals surface area (Å²) in [5.74, 6) is 1.44. The van der Waals surface area contributed by atoms with Gasteiger partial charge in [-0.1, -0.05) is 6.07 Å². The monoisotopic (exact) mass is 299 g/mol. The van der Waals surface area contributed by atoms with Gasteiger partial charge in [0.05, 0.1) is 11.6 Å². The maximum absolute atomic E-state index is 9.92. The molecule has 1 aliphatic heterocycles. The number of phenols is 1. The molecule has 0 amide bonds. The average Bonchev–Trinajstić information content (AvgIpc) is 2.36. The van der Waals surface area contributed by atoms with Gasteiger partial charge in [0.2, 0.25) is 0 Å². The van der Waals surface area contributed by atoms with E-state index in [0.717, 1.165) is 25.1 Å². The van der Waals surface area contributed by atoms with Gasteiger partial charge in [-0.25, -0.2) is 0 Å². The van der Waals surface area contributed by atoms with Crippen LogP contribution < -0.4 is 10.1 Å². The number of hydrogen-bond donors (Lipinski definition) is 2. The Hall–Kier alpha value is -0.740. The second-order valence-corrected chi connectivity index (χ2v) is 5.36. The summed E-state index contributed by atoms with van der Waals surface area (Å²) in [6, 6.07) is 3.90. The first kappa shape index (κ1) is 12.7. The molecule has 1 atom stereocenters. The number of ether oxygens (including phenoxy) is 1. The Bertz CT molecular complexity index is 389. The van der Waals surface area contributed by atoms with Crippen molar-refractivity contribution < 1.29 is 9.84 Å². The molecule has 0 saturated carbocycles. The highest BCUT2D eigenvalue weighted by Gasteiger charge is 2.18. The number of benzene rings is 1. The molecule has 1 unspecified atom stereocenters. The molecular weight excluding hydrogens is 282 g/mol. The quantitative estimate of drug-likeness (QED) is 0.902. The van der Waals surface area contributed by atoms with Crippen LogP contribution in [0.4, 0.5) is 0 Å². The van der Waals surface area contributed by atoms with Gasteiger partial charge in [-0.15, -0.1) is 0 Å². The fourth-order valence-corrected chi connectivity index (χ4v) is 2.70. The van der Waals surface area contributed by atoms with Gasteiger partial charge < -0.3 is 15.2 Å². The molecule has 0 bridgehead atoms. The second kappa shape index (κ2) is 5.74. The van der Waals surface area contributed by atoms with Crippen LogP contribution in [0.1, 0.15) is 18.4 Å². The highest BCUT2D eigenvalue weighted by Crippen LogP contribution is 2.38. The average molecular weight is 300 g/mol. The van der Waals surface area contributed by atoms with Crippen LogP contribution in [0.5, 0.6) is 11.5 Å². The Kier molecular flexibility index (Phi) is 4.29. The van der Waals surface area contributed by atoms with E-state index in [1.54, 1.807) is 7.11 Å². The largest absolute Gasteiger partial charge is 0.503 e. The van der Waals surface area contributed by atoms with Gasteiger partial charge in [-0.3, -0.25) is 0 Å². The smallest absolute Gasteiger partial charge is 0.172 e. The Morgan fingerprint density at radius 2 is 2.35 bits per heavy atom. The molecule has 2 rings (SSSR count). The fraction of sp³-hybridized carbons (Fsp3) is 0.538. The van der Waals surface area contributed by atoms with E-state index in [4.69, 9.17) is 4.74 Å². The standard InChI is InChI=1S/C13H18BrNO2/c1-17-13-10(4-5-11(14)12(13)16)7-9-3-2-6-15-8-9/h4-5,9,15-16H,2-3,6-8H2,1H3. The number of piperidine rings is 1. The van der Waals surface area contributed by atoms with Gasteiger partial charge in [0.25, 0.3) is 0 Å². The lowest BCUT2D eigenvalue weighted by molar-refractivity contribution is 0.349. The van der Waals surface area contributed by atoms with Crippen molar-refractivity contribution in [2.75, 3.05) is 20.2 Å². The van der Waals surface area contributed by atoms with Crippen LogP contribution >= 0.6 is 15.9 Å². The Balaban J connectivity index is 2.17. The summed E-state index contributed by atoms with van der Waals surface area (Å²) in [4.78, 5) is 0. The first-order valence-corrected chi connectivity index (χ1v) is 6.76. The molecular formula is C13H18BrNO2. The van der Waals surface area contributed by atoms with Crippen LogP contribution in [0, 0.1) is 5.92 Å². The number of nitrogens with one attached hydrogen (secondary N) is 1. The number of halogens is 1. The van der Waals surface area contributed by atoms with E-state index < -0.39 is 0 Å². The summed E-state index contributed by atoms with van der Waals surface area (Å²) in [6.07, 6.45) is 3.43. The molecule has 0 spiro atoms. The van der Waals surface area contributed by atoms with Crippen molar-refractivity contribution >= 4 is 15.9 Å². The van der Waals surface area contributed by atoms with E-state index in [1.165, 1.54) is 12.8 Å². The number of methoxy groups -OCH3 is 1. The van der Waals surface area contributed by atoms with Gasteiger partial charge >= 0.3 is 0 Å². The van der Waals surface area contributed by atoms with Crippen LogP contribution in [0.25, 0.3) is 0 Å². The van der Waals surface area contributed by atoms with Gasteiger partial charge in [-0.2, -0.15) is 0 Å².